The molecule has 222 valence electrons. The van der Waals surface area contributed by atoms with Crippen LogP contribution in [0.5, 0.6) is 17.2 Å². The van der Waals surface area contributed by atoms with Crippen LogP contribution in [0.4, 0.5) is 11.5 Å². The zero-order chi connectivity index (χ0) is 30.5. The molecule has 0 unspecified atom stereocenters. The monoisotopic (exact) mass is 580 g/mol. The number of imidazole rings is 1. The minimum atomic E-state index is -0.392. The lowest BCUT2D eigenvalue weighted by molar-refractivity contribution is -0.111. The van der Waals surface area contributed by atoms with Gasteiger partial charge in [-0.2, -0.15) is 0 Å². The number of carbonyl (C=O) groups is 1. The van der Waals surface area contributed by atoms with Gasteiger partial charge in [-0.05, 0) is 69.3 Å². The van der Waals surface area contributed by atoms with E-state index in [2.05, 4.69) is 22.6 Å². The first-order valence-corrected chi connectivity index (χ1v) is 14.1. The van der Waals surface area contributed by atoms with Crippen LogP contribution in [0.2, 0.25) is 0 Å². The Labute approximate surface area is 250 Å². The fourth-order valence-electron chi connectivity index (χ4n) is 4.92. The number of methoxy groups -OCH3 is 1. The molecular weight excluding hydrogens is 544 g/mol. The van der Waals surface area contributed by atoms with E-state index >= 15 is 0 Å². The van der Waals surface area contributed by atoms with E-state index in [4.69, 9.17) is 14.9 Å². The Morgan fingerprint density at radius 1 is 1.00 bits per heavy atom. The first-order chi connectivity index (χ1) is 20.8. The number of hydrogen-bond acceptors (Lipinski definition) is 7. The number of ether oxygens (including phenoxy) is 2. The lowest BCUT2D eigenvalue weighted by atomic mass is 10.2. The molecule has 4 aromatic rings. The fourth-order valence-corrected chi connectivity index (χ4v) is 4.92. The molecule has 0 atom stereocenters. The molecule has 5 rings (SSSR count). The Morgan fingerprint density at radius 3 is 2.33 bits per heavy atom. The van der Waals surface area contributed by atoms with Gasteiger partial charge in [0.25, 0.3) is 0 Å². The summed E-state index contributed by atoms with van der Waals surface area (Å²) in [6.07, 6.45) is 5.76. The topological polar surface area (TPSA) is 114 Å². The molecule has 1 saturated carbocycles. The third-order valence-corrected chi connectivity index (χ3v) is 7.21. The maximum Gasteiger partial charge on any atom is 0.339 e. The second-order valence-corrected chi connectivity index (χ2v) is 10.4. The van der Waals surface area contributed by atoms with E-state index in [0.29, 0.717) is 58.4 Å². The van der Waals surface area contributed by atoms with Crippen LogP contribution in [0.1, 0.15) is 25.5 Å². The molecule has 1 amide bonds. The smallest absolute Gasteiger partial charge is 0.339 e. The van der Waals surface area contributed by atoms with Gasteiger partial charge in [0.1, 0.15) is 28.8 Å². The minimum absolute atomic E-state index is 0.197. The quantitative estimate of drug-likeness (QED) is 0.152. The van der Waals surface area contributed by atoms with E-state index in [9.17, 15) is 9.59 Å². The van der Waals surface area contributed by atoms with Crippen molar-refractivity contribution in [2.75, 3.05) is 38.4 Å². The number of para-hydroxylation sites is 1. The summed E-state index contributed by atoms with van der Waals surface area (Å²) in [5.41, 5.74) is 1.71. The predicted octanol–water partition coefficient (Wildman–Crippen LogP) is 5.45. The number of benzene rings is 3. The van der Waals surface area contributed by atoms with Crippen LogP contribution >= 0.6 is 0 Å². The molecule has 0 spiro atoms. The van der Waals surface area contributed by atoms with Crippen molar-refractivity contribution in [3.05, 3.63) is 101 Å². The first kappa shape index (κ1) is 29.4. The fraction of sp³-hybridized carbons (Fsp3) is 0.242. The number of amides is 1. The van der Waals surface area contributed by atoms with Gasteiger partial charge in [0.2, 0.25) is 5.91 Å². The van der Waals surface area contributed by atoms with Crippen LogP contribution in [0, 0.1) is 5.41 Å². The van der Waals surface area contributed by atoms with Crippen molar-refractivity contribution < 1.29 is 14.3 Å². The summed E-state index contributed by atoms with van der Waals surface area (Å²) in [5.74, 6) is 1.93. The van der Waals surface area contributed by atoms with Crippen molar-refractivity contribution >= 4 is 23.1 Å². The molecule has 0 saturated heterocycles. The molecule has 1 aliphatic rings. The van der Waals surface area contributed by atoms with Gasteiger partial charge in [-0.15, -0.1) is 0 Å². The summed E-state index contributed by atoms with van der Waals surface area (Å²) in [6, 6.07) is 22.3. The Bertz CT molecular complexity index is 1700. The molecule has 10 heteroatoms. The molecule has 1 aromatic heterocycles. The molecule has 0 radical (unpaired) electrons. The Balaban J connectivity index is 1.49. The van der Waals surface area contributed by atoms with Crippen LogP contribution in [0.3, 0.4) is 0 Å². The van der Waals surface area contributed by atoms with Crippen LogP contribution in [0.25, 0.3) is 11.4 Å². The van der Waals surface area contributed by atoms with E-state index in [1.807, 2.05) is 36.4 Å². The number of nitrogens with one attached hydrogen (secondary N) is 3. The average Bonchev–Trinajstić information content (AvgIpc) is 3.81. The number of carbonyl (C=O) groups excluding carboxylic acids is 1. The zero-order valence-electron chi connectivity index (χ0n) is 24.8. The summed E-state index contributed by atoms with van der Waals surface area (Å²) in [5, 5.41) is 14.5. The molecular formula is C33H36N6O4. The van der Waals surface area contributed by atoms with E-state index in [1.165, 1.54) is 35.2 Å². The largest absolute Gasteiger partial charge is 0.497 e. The van der Waals surface area contributed by atoms with E-state index in [1.54, 1.807) is 56.4 Å². The highest BCUT2D eigenvalue weighted by Crippen LogP contribution is 2.29. The van der Waals surface area contributed by atoms with E-state index < -0.39 is 5.69 Å². The Kier molecular flexibility index (Phi) is 8.77. The summed E-state index contributed by atoms with van der Waals surface area (Å²) in [6.45, 7) is 2.33. The molecule has 3 aromatic carbocycles. The summed E-state index contributed by atoms with van der Waals surface area (Å²) in [7, 11) is 5.28. The number of aromatic nitrogens is 2. The molecule has 0 bridgehead atoms. The normalized spacial score (nSPS) is 12.9. The molecule has 1 aliphatic carbocycles. The van der Waals surface area contributed by atoms with Crippen LogP contribution in [-0.4, -0.2) is 59.4 Å². The van der Waals surface area contributed by atoms with E-state index in [-0.39, 0.29) is 11.6 Å². The first-order valence-electron chi connectivity index (χ1n) is 14.1. The number of likely N-dealkylation sites (N-methyl/N-ethyl adjacent to an activating group) is 1. The van der Waals surface area contributed by atoms with Gasteiger partial charge in [-0.25, -0.2) is 9.36 Å². The third-order valence-electron chi connectivity index (χ3n) is 7.21. The number of rotatable bonds is 12. The van der Waals surface area contributed by atoms with Crippen molar-refractivity contribution in [1.29, 1.82) is 5.41 Å². The van der Waals surface area contributed by atoms with Gasteiger partial charge in [-0.3, -0.25) is 14.3 Å². The van der Waals surface area contributed by atoms with Crippen LogP contribution < -0.4 is 25.8 Å². The highest BCUT2D eigenvalue weighted by Gasteiger charge is 2.25. The van der Waals surface area contributed by atoms with Gasteiger partial charge in [0, 0.05) is 43.5 Å². The maximum absolute atomic E-state index is 14.1. The second-order valence-electron chi connectivity index (χ2n) is 10.4. The van der Waals surface area contributed by atoms with Gasteiger partial charge in [0.05, 0.1) is 24.2 Å². The minimum Gasteiger partial charge on any atom is -0.497 e. The number of anilines is 2. The van der Waals surface area contributed by atoms with Crippen molar-refractivity contribution in [3.63, 3.8) is 0 Å². The van der Waals surface area contributed by atoms with Crippen LogP contribution in [-0.2, 0) is 4.79 Å². The predicted molar refractivity (Wildman–Crippen MR) is 170 cm³/mol. The third kappa shape index (κ3) is 6.70. The van der Waals surface area contributed by atoms with Gasteiger partial charge in [0.15, 0.2) is 0 Å². The second kappa shape index (κ2) is 12.8. The van der Waals surface area contributed by atoms with Gasteiger partial charge >= 0.3 is 5.69 Å². The average molecular weight is 581 g/mol. The molecule has 1 heterocycles. The Hall–Kier alpha value is -5.09. The highest BCUT2D eigenvalue weighted by molar-refractivity contribution is 6.01. The lowest BCUT2D eigenvalue weighted by Gasteiger charge is -2.13. The van der Waals surface area contributed by atoms with Crippen molar-refractivity contribution in [2.24, 2.45) is 0 Å². The molecule has 3 N–H and O–H groups in total. The number of hydrogen-bond donors (Lipinski definition) is 3. The van der Waals surface area contributed by atoms with Gasteiger partial charge < -0.3 is 25.5 Å². The summed E-state index contributed by atoms with van der Waals surface area (Å²) < 4.78 is 14.4. The number of nitrogens with zero attached hydrogens (tertiary/aromatic N) is 3. The Morgan fingerprint density at radius 2 is 1.70 bits per heavy atom. The molecule has 43 heavy (non-hydrogen) atoms. The highest BCUT2D eigenvalue weighted by atomic mass is 16.5. The molecule has 0 aliphatic heterocycles. The maximum atomic E-state index is 14.1. The lowest BCUT2D eigenvalue weighted by Crippen LogP contribution is -2.24. The zero-order valence-corrected chi connectivity index (χ0v) is 24.8. The summed E-state index contributed by atoms with van der Waals surface area (Å²) in [4.78, 5) is 29.0. The molecule has 1 fully saturated rings. The SMILES string of the molecule is CNc1c(C(C)=N)n(-c2ccc(Oc3ccccc3)cc2)c(=O)n1-c1cc(NC(=O)/C=C/CN(C)C2CC2)cc(OC)c1. The van der Waals surface area contributed by atoms with E-state index in [0.717, 1.165) is 0 Å². The summed E-state index contributed by atoms with van der Waals surface area (Å²) >= 11 is 0. The standard InChI is InChI=1S/C33H36N6O4/c1-22(34)31-32(35-2)39(33(41)38(31)25-14-16-28(17-15-25)43-27-9-6-5-7-10-27)26-19-23(20-29(21-26)42-4)36-30(40)11-8-18-37(3)24-12-13-24/h5-11,14-17,19-21,24,34-35H,12-13,18H2,1-4H3,(H,36,40)/b11-8+,34-22?. The van der Waals surface area contributed by atoms with Crippen molar-refractivity contribution in [3.8, 4) is 28.6 Å². The van der Waals surface area contributed by atoms with Crippen LogP contribution in [0.15, 0.2) is 89.7 Å². The van der Waals surface area contributed by atoms with Crippen molar-refractivity contribution in [2.45, 2.75) is 25.8 Å². The molecule has 10 nitrogen and oxygen atoms in total. The van der Waals surface area contributed by atoms with Crippen molar-refractivity contribution in [1.82, 2.24) is 14.0 Å². The van der Waals surface area contributed by atoms with Gasteiger partial charge in [-0.1, -0.05) is 24.3 Å².